The molecule has 1 aromatic rings. The van der Waals surface area contributed by atoms with Gasteiger partial charge in [-0.1, -0.05) is 12.1 Å². The topological polar surface area (TPSA) is 43.4 Å². The van der Waals surface area contributed by atoms with Crippen molar-refractivity contribution in [2.24, 2.45) is 0 Å². The van der Waals surface area contributed by atoms with Crippen LogP contribution in [0.4, 0.5) is 4.39 Å². The lowest BCUT2D eigenvalue weighted by Crippen LogP contribution is -2.10. The van der Waals surface area contributed by atoms with Gasteiger partial charge in [0.1, 0.15) is 11.6 Å². The molecule has 86 valence electrons. The van der Waals surface area contributed by atoms with E-state index in [9.17, 15) is 14.0 Å². The maximum Gasteiger partial charge on any atom is 0.170 e. The maximum absolute atomic E-state index is 12.8. The summed E-state index contributed by atoms with van der Waals surface area (Å²) in [7, 11) is 1.49. The lowest BCUT2D eigenvalue weighted by atomic mass is 10.0. The van der Waals surface area contributed by atoms with Gasteiger partial charge in [-0.2, -0.15) is 0 Å². The summed E-state index contributed by atoms with van der Waals surface area (Å²) in [6.07, 6.45) is 0.00433. The Hall–Kier alpha value is -1.55. The van der Waals surface area contributed by atoms with E-state index in [0.29, 0.717) is 6.61 Å². The first-order valence-corrected chi connectivity index (χ1v) is 4.93. The number of halogens is 1. The Kier molecular flexibility index (Phi) is 4.79. The molecular weight excluding hydrogens is 211 g/mol. The molecule has 0 unspecified atom stereocenters. The summed E-state index contributed by atoms with van der Waals surface area (Å²) < 4.78 is 17.5. The Morgan fingerprint density at radius 3 is 2.75 bits per heavy atom. The fraction of sp³-hybridized carbons (Fsp3) is 0.333. The first-order valence-electron chi connectivity index (χ1n) is 4.93. The van der Waals surface area contributed by atoms with Crippen molar-refractivity contribution in [3.63, 3.8) is 0 Å². The molecule has 0 atom stereocenters. The molecule has 0 amide bonds. The van der Waals surface area contributed by atoms with E-state index >= 15 is 0 Å². The minimum Gasteiger partial charge on any atom is -0.384 e. The average molecular weight is 224 g/mol. The van der Waals surface area contributed by atoms with Gasteiger partial charge in [-0.15, -0.1) is 0 Å². The van der Waals surface area contributed by atoms with Crippen LogP contribution in [0.5, 0.6) is 0 Å². The molecule has 0 aromatic heterocycles. The van der Waals surface area contributed by atoms with Crippen molar-refractivity contribution in [1.82, 2.24) is 0 Å². The third-order valence-electron chi connectivity index (χ3n) is 2.09. The molecule has 0 N–H and O–H groups in total. The van der Waals surface area contributed by atoms with Crippen LogP contribution in [0.15, 0.2) is 24.3 Å². The summed E-state index contributed by atoms with van der Waals surface area (Å²) >= 11 is 0. The zero-order chi connectivity index (χ0) is 12.0. The van der Waals surface area contributed by atoms with Crippen LogP contribution in [0.1, 0.15) is 23.2 Å². The summed E-state index contributed by atoms with van der Waals surface area (Å²) in [6.45, 7) is 0.301. The monoisotopic (exact) mass is 224 g/mol. The van der Waals surface area contributed by atoms with E-state index in [1.165, 1.54) is 25.3 Å². The van der Waals surface area contributed by atoms with Crippen LogP contribution in [-0.2, 0) is 9.53 Å². The molecule has 0 aliphatic heterocycles. The van der Waals surface area contributed by atoms with Crippen LogP contribution in [0.3, 0.4) is 0 Å². The Bertz CT molecular complexity index is 388. The number of benzene rings is 1. The number of methoxy groups -OCH3 is 1. The summed E-state index contributed by atoms with van der Waals surface area (Å²) in [6, 6.07) is 5.33. The van der Waals surface area contributed by atoms with E-state index in [1.807, 2.05) is 0 Å². The zero-order valence-corrected chi connectivity index (χ0v) is 9.03. The Morgan fingerprint density at radius 1 is 1.38 bits per heavy atom. The molecule has 1 aromatic carbocycles. The van der Waals surface area contributed by atoms with Crippen LogP contribution in [0.2, 0.25) is 0 Å². The van der Waals surface area contributed by atoms with Crippen molar-refractivity contribution in [3.8, 4) is 0 Å². The first-order chi connectivity index (χ1) is 7.63. The second-order valence-corrected chi connectivity index (χ2v) is 3.39. The highest BCUT2D eigenvalue weighted by Gasteiger charge is 2.11. The third-order valence-corrected chi connectivity index (χ3v) is 2.09. The molecule has 1 rings (SSSR count). The Balaban J connectivity index is 2.55. The minimum absolute atomic E-state index is 0.198. The lowest BCUT2D eigenvalue weighted by Gasteiger charge is -2.00. The second-order valence-electron chi connectivity index (χ2n) is 3.39. The summed E-state index contributed by atoms with van der Waals surface area (Å²) in [5.74, 6) is -1.04. The van der Waals surface area contributed by atoms with Gasteiger partial charge in [-0.05, 0) is 12.1 Å². The maximum atomic E-state index is 12.8. The predicted molar refractivity (Wildman–Crippen MR) is 56.8 cm³/mol. The second kappa shape index (κ2) is 6.12. The molecule has 16 heavy (non-hydrogen) atoms. The molecule has 4 heteroatoms. The molecule has 0 heterocycles. The largest absolute Gasteiger partial charge is 0.384 e. The van der Waals surface area contributed by atoms with E-state index in [1.54, 1.807) is 0 Å². The summed E-state index contributed by atoms with van der Waals surface area (Å²) in [5, 5.41) is 0. The number of hydrogen-bond acceptors (Lipinski definition) is 3. The smallest absolute Gasteiger partial charge is 0.170 e. The van der Waals surface area contributed by atoms with Gasteiger partial charge in [0.2, 0.25) is 0 Å². The molecule has 0 saturated carbocycles. The molecule has 0 aliphatic rings. The summed E-state index contributed by atoms with van der Waals surface area (Å²) in [5.41, 5.74) is 0.228. The van der Waals surface area contributed by atoms with Gasteiger partial charge in [-0.3, -0.25) is 9.59 Å². The van der Waals surface area contributed by atoms with E-state index in [0.717, 1.165) is 6.07 Å². The van der Waals surface area contributed by atoms with Crippen LogP contribution in [-0.4, -0.2) is 25.3 Å². The predicted octanol–water partition coefficient (Wildman–Crippen LogP) is 2.00. The number of rotatable bonds is 6. The SMILES string of the molecule is COCCC(=O)CC(=O)c1cccc(F)c1. The molecular formula is C12H13FO3. The Labute approximate surface area is 93.2 Å². The van der Waals surface area contributed by atoms with Crippen molar-refractivity contribution in [3.05, 3.63) is 35.6 Å². The zero-order valence-electron chi connectivity index (χ0n) is 9.03. The first kappa shape index (κ1) is 12.5. The number of ether oxygens (including phenoxy) is 1. The lowest BCUT2D eigenvalue weighted by molar-refractivity contribution is -0.119. The number of hydrogen-bond donors (Lipinski definition) is 0. The van der Waals surface area contributed by atoms with Crippen molar-refractivity contribution >= 4 is 11.6 Å². The molecule has 0 radical (unpaired) electrons. The number of carbonyl (C=O) groups is 2. The average Bonchev–Trinajstić information content (AvgIpc) is 2.26. The van der Waals surface area contributed by atoms with Gasteiger partial charge in [0.15, 0.2) is 5.78 Å². The highest BCUT2D eigenvalue weighted by Crippen LogP contribution is 2.07. The van der Waals surface area contributed by atoms with Crippen molar-refractivity contribution < 1.29 is 18.7 Å². The van der Waals surface area contributed by atoms with E-state index in [-0.39, 0.29) is 30.0 Å². The van der Waals surface area contributed by atoms with Gasteiger partial charge >= 0.3 is 0 Å². The summed E-state index contributed by atoms with van der Waals surface area (Å²) in [4.78, 5) is 22.8. The normalized spacial score (nSPS) is 10.1. The van der Waals surface area contributed by atoms with E-state index < -0.39 is 5.82 Å². The molecule has 0 spiro atoms. The molecule has 0 aliphatic carbocycles. The highest BCUT2D eigenvalue weighted by molar-refractivity contribution is 6.07. The van der Waals surface area contributed by atoms with Gasteiger partial charge in [0.05, 0.1) is 13.0 Å². The van der Waals surface area contributed by atoms with Crippen LogP contribution >= 0.6 is 0 Å². The van der Waals surface area contributed by atoms with Crippen molar-refractivity contribution in [1.29, 1.82) is 0 Å². The fourth-order valence-corrected chi connectivity index (χ4v) is 1.25. The van der Waals surface area contributed by atoms with E-state index in [4.69, 9.17) is 4.74 Å². The number of carbonyl (C=O) groups excluding carboxylic acids is 2. The van der Waals surface area contributed by atoms with Crippen molar-refractivity contribution in [2.45, 2.75) is 12.8 Å². The fourth-order valence-electron chi connectivity index (χ4n) is 1.25. The number of Topliss-reactive ketones (excluding diaryl/α,β-unsaturated/α-hetero) is 2. The van der Waals surface area contributed by atoms with E-state index in [2.05, 4.69) is 0 Å². The Morgan fingerprint density at radius 2 is 2.12 bits per heavy atom. The molecule has 0 fully saturated rings. The highest BCUT2D eigenvalue weighted by atomic mass is 19.1. The standard InChI is InChI=1S/C12H13FO3/c1-16-6-5-11(14)8-12(15)9-3-2-4-10(13)7-9/h2-4,7H,5-6,8H2,1H3. The van der Waals surface area contributed by atoms with Crippen LogP contribution < -0.4 is 0 Å². The molecule has 3 nitrogen and oxygen atoms in total. The van der Waals surface area contributed by atoms with Gasteiger partial charge in [0.25, 0.3) is 0 Å². The van der Waals surface area contributed by atoms with Gasteiger partial charge in [0, 0.05) is 19.1 Å². The molecule has 0 saturated heterocycles. The third kappa shape index (κ3) is 3.90. The number of ketones is 2. The van der Waals surface area contributed by atoms with Gasteiger partial charge in [-0.25, -0.2) is 4.39 Å². The molecule has 0 bridgehead atoms. The minimum atomic E-state index is -0.477. The van der Waals surface area contributed by atoms with Crippen LogP contribution in [0, 0.1) is 5.82 Å². The quantitative estimate of drug-likeness (QED) is 0.548. The van der Waals surface area contributed by atoms with Crippen molar-refractivity contribution in [2.75, 3.05) is 13.7 Å². The van der Waals surface area contributed by atoms with Crippen LogP contribution in [0.25, 0.3) is 0 Å². The van der Waals surface area contributed by atoms with Gasteiger partial charge < -0.3 is 4.74 Å².